The quantitative estimate of drug-likeness (QED) is 0.535. The van der Waals surface area contributed by atoms with Crippen LogP contribution in [-0.4, -0.2) is 26.0 Å². The lowest BCUT2D eigenvalue weighted by Crippen LogP contribution is -1.81. The Morgan fingerprint density at radius 1 is 1.45 bits per heavy atom. The van der Waals surface area contributed by atoms with Gasteiger partial charge in [0.25, 0.3) is 0 Å². The van der Waals surface area contributed by atoms with E-state index in [0.29, 0.717) is 0 Å². The maximum atomic E-state index is 4.53. The molecular weight excluding hydrogens is 170 g/mol. The van der Waals surface area contributed by atoms with E-state index in [1.807, 2.05) is 24.4 Å². The molecule has 1 aromatic heterocycles. The van der Waals surface area contributed by atoms with Crippen molar-refractivity contribution in [1.29, 1.82) is 0 Å². The van der Waals surface area contributed by atoms with Crippen LogP contribution < -0.4 is 0 Å². The van der Waals surface area contributed by atoms with Crippen molar-refractivity contribution in [2.75, 3.05) is 0 Å². The van der Waals surface area contributed by atoms with Crippen LogP contribution >= 0.6 is 0 Å². The zero-order chi connectivity index (χ0) is 8.53. The number of rotatable bonds is 1. The maximum Gasteiger partial charge on any atom is 0.129 e. The molecule has 0 fully saturated rings. The lowest BCUT2D eigenvalue weighted by Gasteiger charge is -1.88. The molecule has 0 aliphatic heterocycles. The highest BCUT2D eigenvalue weighted by Gasteiger charge is 1.81. The van der Waals surface area contributed by atoms with Gasteiger partial charge in [0.2, 0.25) is 0 Å². The van der Waals surface area contributed by atoms with Gasteiger partial charge in [0.1, 0.15) is 21.0 Å². The molecular formula is C7H15NOSi2. The topological polar surface area (TPSA) is 22.1 Å². The van der Waals surface area contributed by atoms with Gasteiger partial charge in [-0.15, -0.1) is 0 Å². The third-order valence-corrected chi connectivity index (χ3v) is 1.09. The Morgan fingerprint density at radius 2 is 2.09 bits per heavy atom. The lowest BCUT2D eigenvalue weighted by atomic mass is 10.3. The van der Waals surface area contributed by atoms with Crippen molar-refractivity contribution in [3.63, 3.8) is 0 Å². The van der Waals surface area contributed by atoms with Gasteiger partial charge in [-0.1, -0.05) is 13.0 Å². The highest BCUT2D eigenvalue weighted by molar-refractivity contribution is 6.15. The summed E-state index contributed by atoms with van der Waals surface area (Å²) in [6.07, 6.45) is 2.85. The van der Waals surface area contributed by atoms with E-state index in [0.717, 1.165) is 33.1 Å². The first kappa shape index (κ1) is 10.5. The highest BCUT2D eigenvalue weighted by Crippen LogP contribution is 1.91. The molecule has 1 rings (SSSR count). The summed E-state index contributed by atoms with van der Waals surface area (Å²) >= 11 is 0. The first-order valence-electron chi connectivity index (χ1n) is 3.65. The largest absolute Gasteiger partial charge is 0.471 e. The van der Waals surface area contributed by atoms with Crippen LogP contribution in [0.5, 0.6) is 0 Å². The van der Waals surface area contributed by atoms with Crippen molar-refractivity contribution in [2.45, 2.75) is 13.3 Å². The molecule has 0 aromatic carbocycles. The second-order valence-electron chi connectivity index (χ2n) is 2.08. The lowest BCUT2D eigenvalue weighted by molar-refractivity contribution is 0.690. The molecule has 0 N–H and O–H groups in total. The number of hydrogen-bond donors (Lipinski definition) is 0. The molecule has 0 atom stereocenters. The van der Waals surface area contributed by atoms with Gasteiger partial charge in [-0.2, -0.15) is 0 Å². The van der Waals surface area contributed by atoms with E-state index in [4.69, 9.17) is 0 Å². The minimum atomic E-state index is 0.931. The number of hydrogen-bond acceptors (Lipinski definition) is 2. The Hall–Kier alpha value is -0.456. The predicted octanol–water partition coefficient (Wildman–Crippen LogP) is -0.792. The fourth-order valence-corrected chi connectivity index (χ4v) is 0.607. The molecule has 1 heterocycles. The standard InChI is InChI=1S/C7H9N.H6OSi2/c1-2-7-5-3-4-6-8-7;2-1-3/h3-6H,2H2,1H3;2-3H3. The Morgan fingerprint density at radius 3 is 2.36 bits per heavy atom. The van der Waals surface area contributed by atoms with Gasteiger partial charge in [-0.3, -0.25) is 4.98 Å². The van der Waals surface area contributed by atoms with E-state index in [2.05, 4.69) is 16.0 Å². The zero-order valence-electron chi connectivity index (χ0n) is 7.37. The maximum absolute atomic E-state index is 4.53. The van der Waals surface area contributed by atoms with Crippen LogP contribution in [0.25, 0.3) is 0 Å². The molecule has 0 aliphatic carbocycles. The third-order valence-electron chi connectivity index (χ3n) is 1.09. The minimum absolute atomic E-state index is 0.931. The number of aromatic nitrogens is 1. The average molecular weight is 185 g/mol. The molecule has 2 nitrogen and oxygen atoms in total. The summed E-state index contributed by atoms with van der Waals surface area (Å²) < 4.78 is 4.53. The van der Waals surface area contributed by atoms with Crippen molar-refractivity contribution >= 4 is 21.0 Å². The second kappa shape index (κ2) is 7.65. The molecule has 4 heteroatoms. The molecule has 0 amide bonds. The summed E-state index contributed by atoms with van der Waals surface area (Å²) in [6.45, 7) is 2.10. The second-order valence-corrected chi connectivity index (χ2v) is 5.35. The van der Waals surface area contributed by atoms with Crippen LogP contribution in [0, 0.1) is 0 Å². The van der Waals surface area contributed by atoms with E-state index >= 15 is 0 Å². The molecule has 62 valence electrons. The van der Waals surface area contributed by atoms with Gasteiger partial charge >= 0.3 is 0 Å². The Balaban J connectivity index is 0.000000292. The highest BCUT2D eigenvalue weighted by atomic mass is 28.3. The van der Waals surface area contributed by atoms with E-state index in [1.54, 1.807) is 0 Å². The summed E-state index contributed by atoms with van der Waals surface area (Å²) in [5, 5.41) is 0. The van der Waals surface area contributed by atoms with E-state index in [-0.39, 0.29) is 0 Å². The van der Waals surface area contributed by atoms with Crippen molar-refractivity contribution < 1.29 is 4.12 Å². The number of nitrogens with zero attached hydrogens (tertiary/aromatic N) is 1. The predicted molar refractivity (Wildman–Crippen MR) is 54.6 cm³/mol. The van der Waals surface area contributed by atoms with Crippen LogP contribution in [0.4, 0.5) is 0 Å². The van der Waals surface area contributed by atoms with Crippen molar-refractivity contribution in [3.05, 3.63) is 30.1 Å². The Kier molecular flexibility index (Phi) is 7.33. The number of aryl methyl sites for hydroxylation is 1. The molecule has 11 heavy (non-hydrogen) atoms. The monoisotopic (exact) mass is 185 g/mol. The van der Waals surface area contributed by atoms with Gasteiger partial charge in [-0.05, 0) is 18.6 Å². The summed E-state index contributed by atoms with van der Waals surface area (Å²) in [4.78, 5) is 4.10. The van der Waals surface area contributed by atoms with E-state index in [9.17, 15) is 0 Å². The normalized spacial score (nSPS) is 8.82. The van der Waals surface area contributed by atoms with Crippen LogP contribution in [0.15, 0.2) is 24.4 Å². The molecule has 0 radical (unpaired) electrons. The van der Waals surface area contributed by atoms with Gasteiger partial charge < -0.3 is 4.12 Å². The van der Waals surface area contributed by atoms with Gasteiger partial charge in [-0.25, -0.2) is 0 Å². The minimum Gasteiger partial charge on any atom is -0.471 e. The fourth-order valence-electron chi connectivity index (χ4n) is 0.607. The Labute approximate surface area is 74.1 Å². The van der Waals surface area contributed by atoms with Gasteiger partial charge in [0.05, 0.1) is 0 Å². The molecule has 0 saturated carbocycles. The Bertz CT molecular complexity index is 169. The van der Waals surface area contributed by atoms with Crippen LogP contribution in [0.2, 0.25) is 0 Å². The summed E-state index contributed by atoms with van der Waals surface area (Å²) in [5.74, 6) is 0. The van der Waals surface area contributed by atoms with E-state index in [1.165, 1.54) is 0 Å². The third kappa shape index (κ3) is 5.96. The SMILES string of the molecule is CCc1ccccn1.[SiH3]O[SiH3]. The molecule has 0 bridgehead atoms. The molecule has 0 saturated heterocycles. The summed E-state index contributed by atoms with van der Waals surface area (Å²) in [5.41, 5.74) is 1.16. The fraction of sp³-hybridized carbons (Fsp3) is 0.286. The van der Waals surface area contributed by atoms with Crippen LogP contribution in [0.3, 0.4) is 0 Å². The molecule has 1 aromatic rings. The summed E-state index contributed by atoms with van der Waals surface area (Å²) in [6, 6.07) is 5.96. The zero-order valence-corrected chi connectivity index (χ0v) is 11.4. The van der Waals surface area contributed by atoms with Crippen molar-refractivity contribution in [2.24, 2.45) is 0 Å². The van der Waals surface area contributed by atoms with Crippen LogP contribution in [-0.2, 0) is 10.5 Å². The summed E-state index contributed by atoms with van der Waals surface area (Å²) in [7, 11) is 1.86. The molecule has 0 spiro atoms. The first-order valence-corrected chi connectivity index (χ1v) is 5.28. The van der Waals surface area contributed by atoms with Crippen molar-refractivity contribution in [3.8, 4) is 0 Å². The first-order chi connectivity index (χ1) is 5.35. The van der Waals surface area contributed by atoms with Gasteiger partial charge in [0.15, 0.2) is 0 Å². The average Bonchev–Trinajstić information content (AvgIpc) is 2.08. The van der Waals surface area contributed by atoms with Gasteiger partial charge in [0, 0.05) is 11.9 Å². The molecule has 0 aliphatic rings. The smallest absolute Gasteiger partial charge is 0.129 e. The number of pyridine rings is 1. The van der Waals surface area contributed by atoms with E-state index < -0.39 is 0 Å². The van der Waals surface area contributed by atoms with Crippen LogP contribution in [0.1, 0.15) is 12.6 Å². The van der Waals surface area contributed by atoms with Crippen molar-refractivity contribution in [1.82, 2.24) is 4.98 Å². The molecule has 0 unspecified atom stereocenters.